The molecule has 4 fully saturated rings. The maximum atomic E-state index is 1.65. The third-order valence-corrected chi connectivity index (χ3v) is 11.8. The van der Waals surface area contributed by atoms with E-state index in [4.69, 9.17) is 0 Å². The van der Waals surface area contributed by atoms with Gasteiger partial charge in [0.2, 0.25) is 0 Å². The van der Waals surface area contributed by atoms with Crippen LogP contribution < -0.4 is 0 Å². The summed E-state index contributed by atoms with van der Waals surface area (Å²) in [5, 5.41) is 0. The Morgan fingerprint density at radius 3 is 1.67 bits per heavy atom. The first-order chi connectivity index (χ1) is 11.4. The highest BCUT2D eigenvalue weighted by Gasteiger charge is 2.38. The molecule has 0 aliphatic carbocycles. The minimum Gasteiger partial charge on any atom is -0.114 e. The lowest BCUT2D eigenvalue weighted by atomic mass is 9.26. The maximum Gasteiger partial charge on any atom is 0.146 e. The van der Waals surface area contributed by atoms with Crippen LogP contribution in [0, 0.1) is 0 Å². The quantitative estimate of drug-likeness (QED) is 0.236. The summed E-state index contributed by atoms with van der Waals surface area (Å²) in [5.74, 6) is 2.29. The summed E-state index contributed by atoms with van der Waals surface area (Å²) < 4.78 is 0. The molecule has 0 amide bonds. The SMILES string of the molecule is Br.C(CCB1C2CCCC1CCC2)CCP1C2CCCC1CCC2. The number of fused-ring (bicyclic) bond motifs is 4. The van der Waals surface area contributed by atoms with Gasteiger partial charge in [-0.25, -0.2) is 0 Å². The van der Waals surface area contributed by atoms with Crippen molar-refractivity contribution in [2.75, 3.05) is 6.16 Å². The van der Waals surface area contributed by atoms with Crippen LogP contribution in [-0.2, 0) is 0 Å². The number of unbranched alkanes of at least 4 members (excludes halogenated alkanes) is 2. The average molecular weight is 413 g/mol. The van der Waals surface area contributed by atoms with Crippen molar-refractivity contribution in [3.8, 4) is 0 Å². The zero-order valence-electron chi connectivity index (χ0n) is 15.8. The van der Waals surface area contributed by atoms with Crippen molar-refractivity contribution in [2.45, 2.75) is 126 Å². The van der Waals surface area contributed by atoms with E-state index in [1.165, 1.54) is 11.3 Å². The molecule has 4 rings (SSSR count). The van der Waals surface area contributed by atoms with Crippen LogP contribution in [0.3, 0.4) is 0 Å². The van der Waals surface area contributed by atoms with Crippen molar-refractivity contribution >= 4 is 31.6 Å². The molecule has 4 bridgehead atoms. The summed E-state index contributed by atoms with van der Waals surface area (Å²) in [5.41, 5.74) is 2.41. The topological polar surface area (TPSA) is 0 Å². The van der Waals surface area contributed by atoms with Crippen LogP contribution in [0.4, 0.5) is 0 Å². The second-order valence-electron chi connectivity index (χ2n) is 9.30. The first-order valence-corrected chi connectivity index (χ1v) is 12.8. The van der Waals surface area contributed by atoms with Gasteiger partial charge < -0.3 is 0 Å². The van der Waals surface area contributed by atoms with Gasteiger partial charge in [-0.1, -0.05) is 82.2 Å². The van der Waals surface area contributed by atoms with E-state index < -0.39 is 0 Å². The van der Waals surface area contributed by atoms with Crippen molar-refractivity contribution in [1.29, 1.82) is 0 Å². The van der Waals surface area contributed by atoms with Gasteiger partial charge in [0.25, 0.3) is 0 Å². The van der Waals surface area contributed by atoms with Gasteiger partial charge in [-0.2, -0.15) is 0 Å². The Balaban J connectivity index is 0.00000169. The smallest absolute Gasteiger partial charge is 0.114 e. The van der Waals surface area contributed by atoms with E-state index in [1.54, 1.807) is 109 Å². The van der Waals surface area contributed by atoms with Gasteiger partial charge in [0, 0.05) is 0 Å². The molecule has 0 aromatic carbocycles. The third-order valence-electron chi connectivity index (χ3n) is 8.05. The van der Waals surface area contributed by atoms with Crippen molar-refractivity contribution in [3.05, 3.63) is 0 Å². The lowest BCUT2D eigenvalue weighted by Crippen LogP contribution is -2.34. The van der Waals surface area contributed by atoms with Crippen molar-refractivity contribution in [3.63, 3.8) is 0 Å². The molecule has 0 N–H and O–H groups in total. The molecule has 4 saturated heterocycles. The van der Waals surface area contributed by atoms with E-state index in [9.17, 15) is 0 Å². The highest BCUT2D eigenvalue weighted by Crippen LogP contribution is 2.59. The standard InChI is InChI=1S/C21H38BP.BrH/c1(2-16-22-18-8-4-9-19(22)11-5-10-18)3-17-23-20-12-6-13-21(23)15-7-14-20;/h18-21H,1-17H2;1H. The van der Waals surface area contributed by atoms with Gasteiger partial charge in [-0.3, -0.25) is 0 Å². The summed E-state index contributed by atoms with van der Waals surface area (Å²) in [7, 11) is 0.450. The van der Waals surface area contributed by atoms with Crippen LogP contribution in [0.15, 0.2) is 0 Å². The number of rotatable bonds is 6. The fourth-order valence-electron chi connectivity index (χ4n) is 6.93. The molecule has 0 atom stereocenters. The van der Waals surface area contributed by atoms with Gasteiger partial charge in [-0.15, -0.1) is 24.9 Å². The summed E-state index contributed by atoms with van der Waals surface area (Å²) in [6.45, 7) is 1.15. The molecule has 24 heavy (non-hydrogen) atoms. The summed E-state index contributed by atoms with van der Waals surface area (Å²) in [6, 6.07) is 0. The van der Waals surface area contributed by atoms with Crippen LogP contribution in [0.25, 0.3) is 0 Å². The first-order valence-electron chi connectivity index (χ1n) is 11.2. The van der Waals surface area contributed by atoms with Gasteiger partial charge in [-0.05, 0) is 49.6 Å². The Kier molecular flexibility index (Phi) is 8.04. The van der Waals surface area contributed by atoms with Gasteiger partial charge in [0.15, 0.2) is 0 Å². The Hall–Kier alpha value is 0.975. The molecule has 0 saturated carbocycles. The normalized spacial score (nSPS) is 38.5. The van der Waals surface area contributed by atoms with Crippen molar-refractivity contribution < 1.29 is 0 Å². The highest BCUT2D eigenvalue weighted by molar-refractivity contribution is 8.93. The van der Waals surface area contributed by atoms with E-state index in [2.05, 4.69) is 0 Å². The van der Waals surface area contributed by atoms with E-state index >= 15 is 0 Å². The van der Waals surface area contributed by atoms with Crippen LogP contribution in [0.5, 0.6) is 0 Å². The molecule has 0 unspecified atom stereocenters. The minimum absolute atomic E-state index is 0. The molecule has 0 radical (unpaired) electrons. The predicted molar refractivity (Wildman–Crippen MR) is 117 cm³/mol. The molecule has 4 heterocycles. The monoisotopic (exact) mass is 412 g/mol. The molecule has 0 aromatic heterocycles. The first kappa shape index (κ1) is 19.7. The zero-order chi connectivity index (χ0) is 15.5. The average Bonchev–Trinajstić information content (AvgIpc) is 2.54. The Morgan fingerprint density at radius 1 is 0.625 bits per heavy atom. The molecular formula is C21H39BBrP. The van der Waals surface area contributed by atoms with Crippen LogP contribution in [-0.4, -0.2) is 24.2 Å². The minimum atomic E-state index is 0. The lowest BCUT2D eigenvalue weighted by molar-refractivity contribution is 0.440. The van der Waals surface area contributed by atoms with Crippen molar-refractivity contribution in [2.24, 2.45) is 0 Å². The molecule has 0 spiro atoms. The summed E-state index contributed by atoms with van der Waals surface area (Å²) in [4.78, 5) is 0. The molecule has 3 heteroatoms. The largest absolute Gasteiger partial charge is 0.146 e. The maximum absolute atomic E-state index is 1.65. The van der Waals surface area contributed by atoms with E-state index in [-0.39, 0.29) is 17.0 Å². The van der Waals surface area contributed by atoms with Crippen LogP contribution in [0.2, 0.25) is 18.0 Å². The fraction of sp³-hybridized carbons (Fsp3) is 1.00. The molecule has 138 valence electrons. The Bertz CT molecular complexity index is 299. The Labute approximate surface area is 163 Å². The fourth-order valence-corrected chi connectivity index (χ4v) is 10.9. The van der Waals surface area contributed by atoms with Gasteiger partial charge in [0.1, 0.15) is 6.71 Å². The zero-order valence-corrected chi connectivity index (χ0v) is 18.4. The molecule has 4 aliphatic rings. The van der Waals surface area contributed by atoms with Crippen LogP contribution in [0.1, 0.15) is 96.3 Å². The lowest BCUT2D eigenvalue weighted by Gasteiger charge is -2.43. The predicted octanol–water partition coefficient (Wildman–Crippen LogP) is 7.92. The van der Waals surface area contributed by atoms with Crippen LogP contribution >= 0.6 is 24.9 Å². The second kappa shape index (κ2) is 9.78. The number of hydrogen-bond donors (Lipinski definition) is 0. The van der Waals surface area contributed by atoms with Gasteiger partial charge >= 0.3 is 0 Å². The second-order valence-corrected chi connectivity index (χ2v) is 12.2. The van der Waals surface area contributed by atoms with E-state index in [0.29, 0.717) is 7.92 Å². The van der Waals surface area contributed by atoms with E-state index in [0.717, 1.165) is 18.3 Å². The van der Waals surface area contributed by atoms with Gasteiger partial charge in [0.05, 0.1) is 0 Å². The highest BCUT2D eigenvalue weighted by atomic mass is 79.9. The molecule has 4 aliphatic heterocycles. The van der Waals surface area contributed by atoms with Crippen molar-refractivity contribution in [1.82, 2.24) is 0 Å². The third kappa shape index (κ3) is 4.63. The number of hydrogen-bond acceptors (Lipinski definition) is 0. The number of halogens is 1. The summed E-state index contributed by atoms with van der Waals surface area (Å²) in [6.07, 6.45) is 26.9. The molecule has 0 aromatic rings. The van der Waals surface area contributed by atoms with E-state index in [1.807, 2.05) is 0 Å². The molecule has 0 nitrogen and oxygen atoms in total. The summed E-state index contributed by atoms with van der Waals surface area (Å²) >= 11 is 0. The Morgan fingerprint density at radius 2 is 1.12 bits per heavy atom. The molecular weight excluding hydrogens is 374 g/mol.